The average Bonchev–Trinajstić information content (AvgIpc) is 2.68. The second kappa shape index (κ2) is 5.99. The van der Waals surface area contributed by atoms with E-state index >= 15 is 0 Å². The van der Waals surface area contributed by atoms with Crippen LogP contribution in [0.5, 0.6) is 0 Å². The molecule has 0 fully saturated rings. The van der Waals surface area contributed by atoms with Crippen molar-refractivity contribution in [2.75, 3.05) is 0 Å². The van der Waals surface area contributed by atoms with E-state index in [4.69, 9.17) is 0 Å². The zero-order valence-electron chi connectivity index (χ0n) is 13.3. The third-order valence-corrected chi connectivity index (χ3v) is 4.60. The summed E-state index contributed by atoms with van der Waals surface area (Å²) in [5.74, 6) is 0. The normalized spacial score (nSPS) is 13.6. The number of fused-ring (bicyclic) bond motifs is 1. The van der Waals surface area contributed by atoms with Crippen molar-refractivity contribution in [2.45, 2.75) is 12.1 Å². The average molecular weight is 313 g/mol. The maximum atomic E-state index is 11.8. The van der Waals surface area contributed by atoms with Gasteiger partial charge in [-0.15, -0.1) is 0 Å². The standard InChI is InChI=1S/C22H19NO/c24-22(19-11-3-1-4-12-19,20-13-5-2-6-14-20)21-15-17-9-7-8-10-18(17)16-23-21/h1-15,23-24H,16H2. The highest BCUT2D eigenvalue weighted by Crippen LogP contribution is 2.38. The molecule has 0 aliphatic carbocycles. The van der Waals surface area contributed by atoms with Crippen LogP contribution in [0.25, 0.3) is 6.08 Å². The first-order chi connectivity index (χ1) is 11.8. The van der Waals surface area contributed by atoms with E-state index in [1.807, 2.05) is 72.8 Å². The molecule has 118 valence electrons. The predicted molar refractivity (Wildman–Crippen MR) is 97.1 cm³/mol. The van der Waals surface area contributed by atoms with Crippen LogP contribution in [0.3, 0.4) is 0 Å². The summed E-state index contributed by atoms with van der Waals surface area (Å²) < 4.78 is 0. The smallest absolute Gasteiger partial charge is 0.154 e. The topological polar surface area (TPSA) is 32.3 Å². The molecular formula is C22H19NO. The summed E-state index contributed by atoms with van der Waals surface area (Å²) in [6, 6.07) is 27.9. The van der Waals surface area contributed by atoms with Crippen molar-refractivity contribution in [1.82, 2.24) is 5.32 Å². The maximum absolute atomic E-state index is 11.8. The Morgan fingerprint density at radius 1 is 0.708 bits per heavy atom. The molecule has 0 saturated carbocycles. The molecule has 24 heavy (non-hydrogen) atoms. The summed E-state index contributed by atoms with van der Waals surface area (Å²) >= 11 is 0. The van der Waals surface area contributed by atoms with E-state index in [1.54, 1.807) is 0 Å². The van der Waals surface area contributed by atoms with E-state index < -0.39 is 5.60 Å². The van der Waals surface area contributed by atoms with Crippen LogP contribution < -0.4 is 5.32 Å². The second-order valence-electron chi connectivity index (χ2n) is 6.05. The van der Waals surface area contributed by atoms with Crippen LogP contribution in [-0.2, 0) is 12.1 Å². The first-order valence-corrected chi connectivity index (χ1v) is 8.16. The number of hydrogen-bond acceptors (Lipinski definition) is 2. The minimum atomic E-state index is -1.20. The van der Waals surface area contributed by atoms with Crippen molar-refractivity contribution in [1.29, 1.82) is 0 Å². The van der Waals surface area contributed by atoms with Crippen LogP contribution in [0, 0.1) is 0 Å². The van der Waals surface area contributed by atoms with E-state index in [1.165, 1.54) is 5.56 Å². The molecule has 0 radical (unpaired) electrons. The number of hydrogen-bond donors (Lipinski definition) is 2. The number of rotatable bonds is 3. The Bertz CT molecular complexity index is 829. The Morgan fingerprint density at radius 3 is 1.88 bits per heavy atom. The Kier molecular flexibility index (Phi) is 3.68. The van der Waals surface area contributed by atoms with Crippen molar-refractivity contribution in [3.05, 3.63) is 113 Å². The van der Waals surface area contributed by atoms with E-state index in [9.17, 15) is 5.11 Å². The van der Waals surface area contributed by atoms with E-state index in [0.29, 0.717) is 6.54 Å². The van der Waals surface area contributed by atoms with Crippen molar-refractivity contribution >= 4 is 6.08 Å². The van der Waals surface area contributed by atoms with Gasteiger partial charge >= 0.3 is 0 Å². The lowest BCUT2D eigenvalue weighted by atomic mass is 9.81. The van der Waals surface area contributed by atoms with Crippen molar-refractivity contribution < 1.29 is 5.11 Å². The third-order valence-electron chi connectivity index (χ3n) is 4.60. The molecule has 3 aromatic rings. The minimum absolute atomic E-state index is 0.712. The fourth-order valence-electron chi connectivity index (χ4n) is 3.30. The van der Waals surface area contributed by atoms with Gasteiger partial charge in [-0.1, -0.05) is 84.9 Å². The molecule has 1 heterocycles. The van der Waals surface area contributed by atoms with Gasteiger partial charge in [-0.2, -0.15) is 0 Å². The first kappa shape index (κ1) is 14.7. The van der Waals surface area contributed by atoms with Crippen LogP contribution in [0.2, 0.25) is 0 Å². The van der Waals surface area contributed by atoms with Gasteiger partial charge < -0.3 is 10.4 Å². The Hall–Kier alpha value is -2.84. The van der Waals surface area contributed by atoms with Crippen molar-refractivity contribution in [3.63, 3.8) is 0 Å². The van der Waals surface area contributed by atoms with Gasteiger partial charge in [0.1, 0.15) is 0 Å². The van der Waals surface area contributed by atoms with Gasteiger partial charge in [-0.3, -0.25) is 0 Å². The lowest BCUT2D eigenvalue weighted by Crippen LogP contribution is -2.38. The first-order valence-electron chi connectivity index (χ1n) is 8.16. The molecule has 4 rings (SSSR count). The lowest BCUT2D eigenvalue weighted by Gasteiger charge is -2.35. The molecule has 2 nitrogen and oxygen atoms in total. The molecule has 0 saturated heterocycles. The fourth-order valence-corrected chi connectivity index (χ4v) is 3.30. The van der Waals surface area contributed by atoms with Gasteiger partial charge in [-0.05, 0) is 28.3 Å². The molecule has 0 amide bonds. The molecule has 0 bridgehead atoms. The molecule has 0 atom stereocenters. The molecular weight excluding hydrogens is 294 g/mol. The molecule has 3 aromatic carbocycles. The van der Waals surface area contributed by atoms with E-state index in [-0.39, 0.29) is 0 Å². The Balaban J connectivity index is 1.91. The zero-order valence-corrected chi connectivity index (χ0v) is 13.3. The van der Waals surface area contributed by atoms with Gasteiger partial charge in [0.25, 0.3) is 0 Å². The summed E-state index contributed by atoms with van der Waals surface area (Å²) in [5.41, 5.74) is 3.71. The van der Waals surface area contributed by atoms with Crippen LogP contribution in [0.4, 0.5) is 0 Å². The highest BCUT2D eigenvalue weighted by molar-refractivity contribution is 5.63. The van der Waals surface area contributed by atoms with Crippen LogP contribution in [-0.4, -0.2) is 5.11 Å². The van der Waals surface area contributed by atoms with Gasteiger partial charge in [-0.25, -0.2) is 0 Å². The second-order valence-corrected chi connectivity index (χ2v) is 6.05. The highest BCUT2D eigenvalue weighted by Gasteiger charge is 2.36. The molecule has 2 heteroatoms. The Morgan fingerprint density at radius 2 is 1.25 bits per heavy atom. The zero-order chi connectivity index (χ0) is 16.4. The van der Waals surface area contributed by atoms with Crippen LogP contribution in [0.1, 0.15) is 22.3 Å². The van der Waals surface area contributed by atoms with E-state index in [2.05, 4.69) is 23.5 Å². The van der Waals surface area contributed by atoms with Gasteiger partial charge in [0.15, 0.2) is 5.60 Å². The number of nitrogens with one attached hydrogen (secondary N) is 1. The van der Waals surface area contributed by atoms with Crippen LogP contribution in [0.15, 0.2) is 90.6 Å². The summed E-state index contributed by atoms with van der Waals surface area (Å²) in [7, 11) is 0. The van der Waals surface area contributed by atoms with Gasteiger partial charge in [0, 0.05) is 6.54 Å². The van der Waals surface area contributed by atoms with Crippen molar-refractivity contribution in [3.8, 4) is 0 Å². The third kappa shape index (κ3) is 2.41. The molecule has 2 N–H and O–H groups in total. The molecule has 1 aliphatic rings. The molecule has 1 aliphatic heterocycles. The number of benzene rings is 3. The summed E-state index contributed by atoms with van der Waals surface area (Å²) in [6.45, 7) is 0.712. The SMILES string of the molecule is OC(C1=Cc2ccccc2CN1)(c1ccccc1)c1ccccc1. The number of aliphatic hydroxyl groups is 1. The molecule has 0 aromatic heterocycles. The molecule has 0 unspecified atom stereocenters. The highest BCUT2D eigenvalue weighted by atomic mass is 16.3. The lowest BCUT2D eigenvalue weighted by molar-refractivity contribution is 0.113. The Labute approximate surface area is 142 Å². The van der Waals surface area contributed by atoms with E-state index in [0.717, 1.165) is 22.4 Å². The largest absolute Gasteiger partial charge is 0.381 e. The molecule has 0 spiro atoms. The maximum Gasteiger partial charge on any atom is 0.154 e. The fraction of sp³-hybridized carbons (Fsp3) is 0.0909. The summed E-state index contributed by atoms with van der Waals surface area (Å²) in [4.78, 5) is 0. The quantitative estimate of drug-likeness (QED) is 0.764. The summed E-state index contributed by atoms with van der Waals surface area (Å²) in [6.07, 6.45) is 2.05. The van der Waals surface area contributed by atoms with Gasteiger partial charge in [0.2, 0.25) is 0 Å². The van der Waals surface area contributed by atoms with Gasteiger partial charge in [0.05, 0.1) is 5.70 Å². The summed E-state index contributed by atoms with van der Waals surface area (Å²) in [5, 5.41) is 15.2. The monoisotopic (exact) mass is 313 g/mol. The van der Waals surface area contributed by atoms with Crippen LogP contribution >= 0.6 is 0 Å². The minimum Gasteiger partial charge on any atom is -0.381 e. The predicted octanol–water partition coefficient (Wildman–Crippen LogP) is 4.07. The van der Waals surface area contributed by atoms with Crippen molar-refractivity contribution in [2.24, 2.45) is 0 Å².